The molecule has 3 rings (SSSR count). The van der Waals surface area contributed by atoms with Gasteiger partial charge in [-0.1, -0.05) is 65.1 Å². The van der Waals surface area contributed by atoms with Gasteiger partial charge in [0.2, 0.25) is 15.9 Å². The smallest absolute Gasteiger partial charge is 0.245 e. The Morgan fingerprint density at radius 3 is 2.28 bits per heavy atom. The number of amides is 1. The Morgan fingerprint density at radius 1 is 0.969 bits per heavy atom. The summed E-state index contributed by atoms with van der Waals surface area (Å²) in [6, 6.07) is 16.7. The number of ether oxygens (including phenoxy) is 1. The number of nitrogens with one attached hydrogen (secondary N) is 2. The fourth-order valence-corrected chi connectivity index (χ4v) is 5.04. The molecule has 3 aromatic carbocycles. The predicted octanol–water partition coefficient (Wildman–Crippen LogP) is 5.18. The van der Waals surface area contributed by atoms with Gasteiger partial charge in [-0.25, -0.2) is 8.42 Å². The summed E-state index contributed by atoms with van der Waals surface area (Å²) < 4.78 is 33.9. The molecule has 0 fully saturated rings. The quantitative estimate of drug-likeness (QED) is 0.434. The van der Waals surface area contributed by atoms with Gasteiger partial charge in [0.25, 0.3) is 0 Å². The summed E-state index contributed by atoms with van der Waals surface area (Å²) in [6.45, 7) is 0. The highest BCUT2D eigenvalue weighted by atomic mass is 35.5. The molecule has 0 unspecified atom stereocenters. The Hall–Kier alpha value is -2.29. The number of hydrogen-bond acceptors (Lipinski definition) is 4. The highest BCUT2D eigenvalue weighted by Gasteiger charge is 2.29. The zero-order chi connectivity index (χ0) is 23.3. The van der Waals surface area contributed by atoms with Crippen molar-refractivity contribution in [1.29, 1.82) is 0 Å². The molecular weight excluding hydrogens is 495 g/mol. The van der Waals surface area contributed by atoms with Crippen molar-refractivity contribution in [2.24, 2.45) is 0 Å². The number of carbonyl (C=O) groups excluding carboxylic acids is 1. The molecule has 6 nitrogen and oxygen atoms in total. The lowest BCUT2D eigenvalue weighted by Crippen LogP contribution is -2.45. The SMILES string of the molecule is COc1ccc(Cl)cc1S(=O)(=O)N[C@@H](Cc1ccccc1)C(=O)Nc1ccc(Cl)cc1Cl. The highest BCUT2D eigenvalue weighted by molar-refractivity contribution is 7.89. The van der Waals surface area contributed by atoms with Crippen LogP contribution in [0.5, 0.6) is 5.75 Å². The molecule has 0 saturated heterocycles. The van der Waals surface area contributed by atoms with E-state index in [0.29, 0.717) is 10.7 Å². The van der Waals surface area contributed by atoms with E-state index < -0.39 is 22.0 Å². The average molecular weight is 514 g/mol. The third kappa shape index (κ3) is 6.15. The second kappa shape index (κ2) is 10.6. The van der Waals surface area contributed by atoms with E-state index in [0.717, 1.165) is 5.56 Å². The maximum absolute atomic E-state index is 13.2. The molecule has 0 spiro atoms. The molecular formula is C22H19Cl3N2O4S. The van der Waals surface area contributed by atoms with Crippen LogP contribution in [0.1, 0.15) is 5.56 Å². The van der Waals surface area contributed by atoms with Crippen molar-refractivity contribution < 1.29 is 17.9 Å². The number of methoxy groups -OCH3 is 1. The zero-order valence-electron chi connectivity index (χ0n) is 16.8. The first-order valence-corrected chi connectivity index (χ1v) is 12.0. The van der Waals surface area contributed by atoms with Crippen molar-refractivity contribution in [2.45, 2.75) is 17.4 Å². The summed E-state index contributed by atoms with van der Waals surface area (Å²) in [4.78, 5) is 12.9. The van der Waals surface area contributed by atoms with Crippen LogP contribution < -0.4 is 14.8 Å². The van der Waals surface area contributed by atoms with Gasteiger partial charge in [-0.15, -0.1) is 0 Å². The topological polar surface area (TPSA) is 84.5 Å². The lowest BCUT2D eigenvalue weighted by molar-refractivity contribution is -0.117. The van der Waals surface area contributed by atoms with E-state index in [-0.39, 0.29) is 27.1 Å². The minimum Gasteiger partial charge on any atom is -0.495 e. The molecule has 0 radical (unpaired) electrons. The lowest BCUT2D eigenvalue weighted by Gasteiger charge is -2.20. The maximum Gasteiger partial charge on any atom is 0.245 e. The van der Waals surface area contributed by atoms with Crippen LogP contribution in [-0.4, -0.2) is 27.5 Å². The predicted molar refractivity (Wildman–Crippen MR) is 127 cm³/mol. The number of hydrogen-bond donors (Lipinski definition) is 2. The van der Waals surface area contributed by atoms with E-state index in [4.69, 9.17) is 39.5 Å². The summed E-state index contributed by atoms with van der Waals surface area (Å²) in [5.74, 6) is -0.496. The maximum atomic E-state index is 13.2. The van der Waals surface area contributed by atoms with E-state index in [1.807, 2.05) is 6.07 Å². The van der Waals surface area contributed by atoms with Gasteiger partial charge in [0.15, 0.2) is 0 Å². The van der Waals surface area contributed by atoms with Gasteiger partial charge >= 0.3 is 0 Å². The molecule has 3 aromatic rings. The second-order valence-electron chi connectivity index (χ2n) is 6.77. The summed E-state index contributed by atoms with van der Waals surface area (Å²) in [6.07, 6.45) is 0.0972. The van der Waals surface area contributed by atoms with Crippen molar-refractivity contribution in [3.8, 4) is 5.75 Å². The monoisotopic (exact) mass is 512 g/mol. The Labute approximate surface area is 201 Å². The van der Waals surface area contributed by atoms with Gasteiger partial charge in [-0.3, -0.25) is 4.79 Å². The van der Waals surface area contributed by atoms with Crippen LogP contribution in [0.3, 0.4) is 0 Å². The lowest BCUT2D eigenvalue weighted by atomic mass is 10.1. The number of rotatable bonds is 8. The minimum atomic E-state index is -4.17. The summed E-state index contributed by atoms with van der Waals surface area (Å²) in [7, 11) is -2.83. The van der Waals surface area contributed by atoms with Crippen LogP contribution in [0, 0.1) is 0 Å². The van der Waals surface area contributed by atoms with Crippen molar-refractivity contribution in [3.63, 3.8) is 0 Å². The van der Waals surface area contributed by atoms with Crippen molar-refractivity contribution in [1.82, 2.24) is 4.72 Å². The van der Waals surface area contributed by atoms with Crippen molar-refractivity contribution >= 4 is 56.4 Å². The molecule has 1 atom stereocenters. The minimum absolute atomic E-state index is 0.0972. The summed E-state index contributed by atoms with van der Waals surface area (Å²) in [5, 5.41) is 3.50. The van der Waals surface area contributed by atoms with Crippen molar-refractivity contribution in [3.05, 3.63) is 87.4 Å². The molecule has 2 N–H and O–H groups in total. The first-order chi connectivity index (χ1) is 15.2. The van der Waals surface area contributed by atoms with E-state index >= 15 is 0 Å². The number of halogens is 3. The molecule has 1 amide bonds. The summed E-state index contributed by atoms with van der Waals surface area (Å²) in [5.41, 5.74) is 1.06. The first kappa shape index (κ1) is 24.4. The normalized spacial score (nSPS) is 12.2. The van der Waals surface area contributed by atoms with E-state index in [1.165, 1.54) is 37.4 Å². The van der Waals surface area contributed by atoms with Crippen LogP contribution in [0.2, 0.25) is 15.1 Å². The van der Waals surface area contributed by atoms with Crippen LogP contribution in [0.15, 0.2) is 71.6 Å². The average Bonchev–Trinajstić information content (AvgIpc) is 2.75. The Kier molecular flexibility index (Phi) is 8.03. The molecule has 0 bridgehead atoms. The number of carbonyl (C=O) groups is 1. The molecule has 0 heterocycles. The standard InChI is InChI=1S/C22H19Cl3N2O4S/c1-31-20-10-8-16(24)13-21(20)32(29,30)27-19(11-14-5-3-2-4-6-14)22(28)26-18-9-7-15(23)12-17(18)25/h2-10,12-13,19,27H,11H2,1H3,(H,26,28)/t19-/m0/s1. The third-order valence-corrected chi connectivity index (χ3v) is 6.78. The Balaban J connectivity index is 1.93. The Morgan fingerprint density at radius 2 is 1.62 bits per heavy atom. The second-order valence-corrected chi connectivity index (χ2v) is 9.73. The van der Waals surface area contributed by atoms with E-state index in [1.54, 1.807) is 30.3 Å². The third-order valence-electron chi connectivity index (χ3n) is 4.50. The van der Waals surface area contributed by atoms with Crippen LogP contribution in [0.25, 0.3) is 0 Å². The fraction of sp³-hybridized carbons (Fsp3) is 0.136. The number of benzene rings is 3. The summed E-state index contributed by atoms with van der Waals surface area (Å²) >= 11 is 18.1. The fourth-order valence-electron chi connectivity index (χ4n) is 2.96. The van der Waals surface area contributed by atoms with E-state index in [2.05, 4.69) is 10.0 Å². The molecule has 32 heavy (non-hydrogen) atoms. The van der Waals surface area contributed by atoms with Crippen molar-refractivity contribution in [2.75, 3.05) is 12.4 Å². The molecule has 0 aliphatic heterocycles. The first-order valence-electron chi connectivity index (χ1n) is 9.35. The van der Waals surface area contributed by atoms with Gasteiger partial charge in [-0.2, -0.15) is 4.72 Å². The van der Waals surface area contributed by atoms with Gasteiger partial charge in [0.05, 0.1) is 17.8 Å². The zero-order valence-corrected chi connectivity index (χ0v) is 19.9. The molecule has 0 aliphatic carbocycles. The number of anilines is 1. The molecule has 0 aliphatic rings. The Bertz CT molecular complexity index is 1220. The van der Waals surface area contributed by atoms with Crippen LogP contribution >= 0.6 is 34.8 Å². The van der Waals surface area contributed by atoms with E-state index in [9.17, 15) is 13.2 Å². The van der Waals surface area contributed by atoms with Crippen LogP contribution in [0.4, 0.5) is 5.69 Å². The molecule has 168 valence electrons. The largest absolute Gasteiger partial charge is 0.495 e. The highest BCUT2D eigenvalue weighted by Crippen LogP contribution is 2.28. The van der Waals surface area contributed by atoms with Crippen LogP contribution in [-0.2, 0) is 21.2 Å². The molecule has 0 saturated carbocycles. The van der Waals surface area contributed by atoms with Gasteiger partial charge in [-0.05, 0) is 48.4 Å². The van der Waals surface area contributed by atoms with Gasteiger partial charge < -0.3 is 10.1 Å². The molecule has 0 aromatic heterocycles. The number of sulfonamides is 1. The molecule has 10 heteroatoms. The van der Waals surface area contributed by atoms with Gasteiger partial charge in [0.1, 0.15) is 16.7 Å². The van der Waals surface area contributed by atoms with Gasteiger partial charge in [0, 0.05) is 10.0 Å².